The minimum Gasteiger partial charge on any atom is -0.356 e. The van der Waals surface area contributed by atoms with Gasteiger partial charge in [-0.2, -0.15) is 0 Å². The van der Waals surface area contributed by atoms with Crippen molar-refractivity contribution in [2.75, 3.05) is 6.54 Å². The van der Waals surface area contributed by atoms with Crippen LogP contribution in [-0.4, -0.2) is 12.5 Å². The minimum absolute atomic E-state index is 0.238. The first-order valence-electron chi connectivity index (χ1n) is 4.28. The fourth-order valence-electron chi connectivity index (χ4n) is 1.98. The van der Waals surface area contributed by atoms with Crippen molar-refractivity contribution in [1.29, 1.82) is 0 Å². The highest BCUT2D eigenvalue weighted by atomic mass is 16.1. The molecular weight excluding hydrogens is 138 g/mol. The molecule has 0 spiro atoms. The molecule has 60 valence electrons. The molecule has 2 nitrogen and oxygen atoms in total. The van der Waals surface area contributed by atoms with Crippen LogP contribution in [0.3, 0.4) is 0 Å². The molecule has 0 aromatic heterocycles. The Bertz CT molecular complexity index is 198. The Morgan fingerprint density at radius 1 is 1.27 bits per heavy atom. The van der Waals surface area contributed by atoms with Gasteiger partial charge in [0.15, 0.2) is 0 Å². The number of piperidine rings is 1. The van der Waals surface area contributed by atoms with Crippen LogP contribution in [0, 0.1) is 11.8 Å². The average molecular weight is 151 g/mol. The summed E-state index contributed by atoms with van der Waals surface area (Å²) < 4.78 is 0. The molecule has 2 atom stereocenters. The molecule has 1 N–H and O–H groups in total. The first kappa shape index (κ1) is 6.89. The number of rotatable bonds is 0. The molecule has 1 saturated heterocycles. The van der Waals surface area contributed by atoms with Crippen LogP contribution >= 0.6 is 0 Å². The number of nitrogens with one attached hydrogen (secondary N) is 1. The summed E-state index contributed by atoms with van der Waals surface area (Å²) >= 11 is 0. The van der Waals surface area contributed by atoms with E-state index in [4.69, 9.17) is 0 Å². The predicted octanol–water partition coefficient (Wildman–Crippen LogP) is 1.09. The zero-order chi connectivity index (χ0) is 7.68. The number of hydrogen-bond acceptors (Lipinski definition) is 1. The monoisotopic (exact) mass is 151 g/mol. The maximum atomic E-state index is 11.0. The average Bonchev–Trinajstić information content (AvgIpc) is 2.04. The van der Waals surface area contributed by atoms with Crippen molar-refractivity contribution >= 4 is 5.91 Å². The fraction of sp³-hybridized carbons (Fsp3) is 0.667. The van der Waals surface area contributed by atoms with Gasteiger partial charge in [0.25, 0.3) is 0 Å². The van der Waals surface area contributed by atoms with E-state index in [1.807, 2.05) is 0 Å². The normalized spacial score (nSPS) is 36.2. The lowest BCUT2D eigenvalue weighted by Crippen LogP contribution is -2.41. The summed E-state index contributed by atoms with van der Waals surface area (Å²) in [6, 6.07) is 0. The summed E-state index contributed by atoms with van der Waals surface area (Å²) in [5.74, 6) is 1.59. The number of allylic oxidation sites excluding steroid dienone is 2. The minimum atomic E-state index is 0.238. The van der Waals surface area contributed by atoms with Crippen molar-refractivity contribution in [2.24, 2.45) is 11.8 Å². The lowest BCUT2D eigenvalue weighted by atomic mass is 9.79. The molecule has 0 aromatic rings. The summed E-state index contributed by atoms with van der Waals surface area (Å²) in [6.07, 6.45) is 7.45. The second kappa shape index (κ2) is 2.68. The first-order valence-corrected chi connectivity index (χ1v) is 4.28. The summed E-state index contributed by atoms with van der Waals surface area (Å²) in [7, 11) is 0. The highest BCUT2D eigenvalue weighted by molar-refractivity contribution is 5.77. The molecule has 1 aliphatic carbocycles. The molecule has 0 aromatic carbocycles. The van der Waals surface area contributed by atoms with Crippen LogP contribution in [0.2, 0.25) is 0 Å². The second-order valence-corrected chi connectivity index (χ2v) is 3.47. The van der Waals surface area contributed by atoms with E-state index in [1.165, 1.54) is 0 Å². The van der Waals surface area contributed by atoms with Crippen LogP contribution < -0.4 is 5.32 Å². The standard InChI is InChI=1S/C9H13NO/c11-9-5-7-3-1-2-4-8(7)6-10-9/h1-2,7-8H,3-6H2,(H,10,11). The van der Waals surface area contributed by atoms with Crippen molar-refractivity contribution in [3.8, 4) is 0 Å². The number of fused-ring (bicyclic) bond motifs is 1. The smallest absolute Gasteiger partial charge is 0.220 e. The van der Waals surface area contributed by atoms with E-state index in [-0.39, 0.29) is 5.91 Å². The van der Waals surface area contributed by atoms with Crippen LogP contribution in [-0.2, 0) is 4.79 Å². The number of amides is 1. The third-order valence-corrected chi connectivity index (χ3v) is 2.72. The van der Waals surface area contributed by atoms with Crippen molar-refractivity contribution in [1.82, 2.24) is 5.32 Å². The Morgan fingerprint density at radius 3 is 2.82 bits per heavy atom. The van der Waals surface area contributed by atoms with E-state index in [2.05, 4.69) is 17.5 Å². The van der Waals surface area contributed by atoms with Gasteiger partial charge in [-0.1, -0.05) is 12.2 Å². The van der Waals surface area contributed by atoms with Gasteiger partial charge in [-0.15, -0.1) is 0 Å². The Kier molecular flexibility index (Phi) is 1.68. The van der Waals surface area contributed by atoms with Gasteiger partial charge >= 0.3 is 0 Å². The van der Waals surface area contributed by atoms with Gasteiger partial charge < -0.3 is 5.32 Å². The Morgan fingerprint density at radius 2 is 2.00 bits per heavy atom. The van der Waals surface area contributed by atoms with Crippen molar-refractivity contribution in [3.63, 3.8) is 0 Å². The Hall–Kier alpha value is -0.790. The highest BCUT2D eigenvalue weighted by Crippen LogP contribution is 2.29. The summed E-state index contributed by atoms with van der Waals surface area (Å²) in [4.78, 5) is 11.0. The molecule has 1 heterocycles. The lowest BCUT2D eigenvalue weighted by Gasteiger charge is -2.32. The zero-order valence-electron chi connectivity index (χ0n) is 6.55. The van der Waals surface area contributed by atoms with E-state index in [1.54, 1.807) is 0 Å². The van der Waals surface area contributed by atoms with Gasteiger partial charge in [0.05, 0.1) is 0 Å². The molecule has 1 fully saturated rings. The van der Waals surface area contributed by atoms with E-state index >= 15 is 0 Å². The molecule has 1 amide bonds. The number of hydrogen-bond donors (Lipinski definition) is 1. The fourth-order valence-corrected chi connectivity index (χ4v) is 1.98. The maximum Gasteiger partial charge on any atom is 0.220 e. The van der Waals surface area contributed by atoms with E-state index < -0.39 is 0 Å². The SMILES string of the molecule is O=C1CC2CC=CCC2CN1. The van der Waals surface area contributed by atoms with Gasteiger partial charge in [0.1, 0.15) is 0 Å². The molecule has 0 radical (unpaired) electrons. The Labute approximate surface area is 66.7 Å². The summed E-state index contributed by atoms with van der Waals surface area (Å²) in [5.41, 5.74) is 0. The lowest BCUT2D eigenvalue weighted by molar-refractivity contribution is -0.124. The quantitative estimate of drug-likeness (QED) is 0.516. The first-order chi connectivity index (χ1) is 5.36. The number of carbonyl (C=O) groups excluding carboxylic acids is 1. The number of carbonyl (C=O) groups is 1. The molecule has 2 aliphatic rings. The van der Waals surface area contributed by atoms with Crippen molar-refractivity contribution in [3.05, 3.63) is 12.2 Å². The third kappa shape index (κ3) is 1.30. The molecule has 0 bridgehead atoms. The maximum absolute atomic E-state index is 11.0. The van der Waals surface area contributed by atoms with Gasteiger partial charge in [0.2, 0.25) is 5.91 Å². The molecule has 11 heavy (non-hydrogen) atoms. The van der Waals surface area contributed by atoms with Gasteiger partial charge in [-0.3, -0.25) is 4.79 Å². The van der Waals surface area contributed by atoms with Crippen LogP contribution in [0.15, 0.2) is 12.2 Å². The molecule has 2 unspecified atom stereocenters. The van der Waals surface area contributed by atoms with Crippen LogP contribution in [0.4, 0.5) is 0 Å². The second-order valence-electron chi connectivity index (χ2n) is 3.47. The molecule has 1 aliphatic heterocycles. The largest absolute Gasteiger partial charge is 0.356 e. The van der Waals surface area contributed by atoms with Crippen LogP contribution in [0.5, 0.6) is 0 Å². The van der Waals surface area contributed by atoms with E-state index in [0.717, 1.165) is 31.7 Å². The van der Waals surface area contributed by atoms with Crippen LogP contribution in [0.25, 0.3) is 0 Å². The molecule has 0 saturated carbocycles. The van der Waals surface area contributed by atoms with Gasteiger partial charge in [-0.05, 0) is 24.7 Å². The van der Waals surface area contributed by atoms with Crippen molar-refractivity contribution in [2.45, 2.75) is 19.3 Å². The highest BCUT2D eigenvalue weighted by Gasteiger charge is 2.28. The van der Waals surface area contributed by atoms with Gasteiger partial charge in [-0.25, -0.2) is 0 Å². The van der Waals surface area contributed by atoms with E-state index in [0.29, 0.717) is 5.92 Å². The molecular formula is C9H13NO. The zero-order valence-corrected chi connectivity index (χ0v) is 6.55. The topological polar surface area (TPSA) is 29.1 Å². The Balaban J connectivity index is 2.06. The van der Waals surface area contributed by atoms with Crippen LogP contribution in [0.1, 0.15) is 19.3 Å². The summed E-state index contributed by atoms with van der Waals surface area (Å²) in [5, 5.41) is 2.91. The van der Waals surface area contributed by atoms with Gasteiger partial charge in [0, 0.05) is 13.0 Å². The predicted molar refractivity (Wildman–Crippen MR) is 43.0 cm³/mol. The molecule has 2 heteroatoms. The summed E-state index contributed by atoms with van der Waals surface area (Å²) in [6.45, 7) is 0.897. The van der Waals surface area contributed by atoms with E-state index in [9.17, 15) is 4.79 Å². The van der Waals surface area contributed by atoms with Crippen molar-refractivity contribution < 1.29 is 4.79 Å². The third-order valence-electron chi connectivity index (χ3n) is 2.72. The molecule has 2 rings (SSSR count).